The summed E-state index contributed by atoms with van der Waals surface area (Å²) in [6.45, 7) is 15.2. The van der Waals surface area contributed by atoms with Gasteiger partial charge in [-0.25, -0.2) is 0 Å². The van der Waals surface area contributed by atoms with E-state index >= 15 is 0 Å². The predicted octanol–water partition coefficient (Wildman–Crippen LogP) is 4.23. The maximum atomic E-state index is 5.87. The molecule has 106 valence electrons. The van der Waals surface area contributed by atoms with Crippen molar-refractivity contribution in [1.29, 1.82) is 0 Å². The van der Waals surface area contributed by atoms with Crippen molar-refractivity contribution >= 4 is 0 Å². The van der Waals surface area contributed by atoms with Gasteiger partial charge in [0.05, 0.1) is 0 Å². The first kappa shape index (κ1) is 14.4. The lowest BCUT2D eigenvalue weighted by Crippen LogP contribution is -2.45. The van der Waals surface area contributed by atoms with Crippen molar-refractivity contribution in [2.24, 2.45) is 5.41 Å². The summed E-state index contributed by atoms with van der Waals surface area (Å²) in [6, 6.07) is 6.66. The highest BCUT2D eigenvalue weighted by molar-refractivity contribution is 5.38. The highest BCUT2D eigenvalue weighted by Crippen LogP contribution is 2.31. The van der Waals surface area contributed by atoms with E-state index in [1.807, 2.05) is 0 Å². The van der Waals surface area contributed by atoms with E-state index in [4.69, 9.17) is 4.74 Å². The molecule has 0 amide bonds. The Hall–Kier alpha value is -1.02. The van der Waals surface area contributed by atoms with Crippen LogP contribution in [0.5, 0.6) is 5.75 Å². The molecular weight excluding hydrogens is 234 g/mol. The normalized spacial score (nSPS) is 16.9. The van der Waals surface area contributed by atoms with Crippen molar-refractivity contribution in [1.82, 2.24) is 4.90 Å². The maximum absolute atomic E-state index is 5.87. The second-order valence-electron chi connectivity index (χ2n) is 7.82. The van der Waals surface area contributed by atoms with Crippen molar-refractivity contribution in [2.45, 2.75) is 60.0 Å². The van der Waals surface area contributed by atoms with E-state index in [1.165, 1.54) is 11.1 Å². The van der Waals surface area contributed by atoms with Gasteiger partial charge in [0.15, 0.2) is 0 Å². The van der Waals surface area contributed by atoms with Crippen LogP contribution in [0.3, 0.4) is 0 Å². The van der Waals surface area contributed by atoms with Gasteiger partial charge < -0.3 is 4.74 Å². The third-order valence-corrected chi connectivity index (χ3v) is 3.55. The van der Waals surface area contributed by atoms with Crippen molar-refractivity contribution in [3.63, 3.8) is 0 Å². The minimum absolute atomic E-state index is 0.151. The van der Waals surface area contributed by atoms with E-state index in [9.17, 15) is 0 Å². The van der Waals surface area contributed by atoms with Gasteiger partial charge in [-0.2, -0.15) is 0 Å². The molecule has 0 bridgehead atoms. The standard InChI is InChI=1S/C17H27NO/c1-16(2,3)10-13-7-8-15-14(9-13)11-18(12-19-15)17(4,5)6/h7-9H,10-12H2,1-6H3. The Bertz CT molecular complexity index is 451. The summed E-state index contributed by atoms with van der Waals surface area (Å²) in [4.78, 5) is 2.37. The summed E-state index contributed by atoms with van der Waals surface area (Å²) in [5.74, 6) is 1.05. The second-order valence-corrected chi connectivity index (χ2v) is 7.82. The third kappa shape index (κ3) is 3.73. The Labute approximate surface area is 117 Å². The molecular formula is C17H27NO. The molecule has 0 unspecified atom stereocenters. The van der Waals surface area contributed by atoms with Crippen LogP contribution in [0.1, 0.15) is 52.7 Å². The number of fused-ring (bicyclic) bond motifs is 1. The monoisotopic (exact) mass is 261 g/mol. The van der Waals surface area contributed by atoms with Crippen molar-refractivity contribution in [3.8, 4) is 5.75 Å². The molecule has 0 aliphatic carbocycles. The molecule has 2 heteroatoms. The molecule has 2 nitrogen and oxygen atoms in total. The number of nitrogens with zero attached hydrogens (tertiary/aromatic N) is 1. The summed E-state index contributed by atoms with van der Waals surface area (Å²) in [5.41, 5.74) is 3.21. The molecule has 1 aliphatic rings. The van der Waals surface area contributed by atoms with Crippen LogP contribution in [0.15, 0.2) is 18.2 Å². The van der Waals surface area contributed by atoms with Gasteiger partial charge in [0, 0.05) is 17.6 Å². The van der Waals surface area contributed by atoms with Gasteiger partial charge in [-0.05, 0) is 44.2 Å². The molecule has 0 radical (unpaired) electrons. The van der Waals surface area contributed by atoms with Crippen molar-refractivity contribution < 1.29 is 4.74 Å². The maximum Gasteiger partial charge on any atom is 0.142 e. The minimum atomic E-state index is 0.151. The zero-order valence-electron chi connectivity index (χ0n) is 13.2. The first-order chi connectivity index (χ1) is 8.65. The summed E-state index contributed by atoms with van der Waals surface area (Å²) >= 11 is 0. The molecule has 0 saturated heterocycles. The third-order valence-electron chi connectivity index (χ3n) is 3.55. The summed E-state index contributed by atoms with van der Waals surface area (Å²) in [5, 5.41) is 0. The van der Waals surface area contributed by atoms with E-state index < -0.39 is 0 Å². The van der Waals surface area contributed by atoms with Gasteiger partial charge in [-0.1, -0.05) is 32.9 Å². The van der Waals surface area contributed by atoms with Gasteiger partial charge in [-0.3, -0.25) is 4.90 Å². The molecule has 0 atom stereocenters. The molecule has 0 spiro atoms. The average molecular weight is 261 g/mol. The van der Waals surface area contributed by atoms with Crippen LogP contribution < -0.4 is 4.74 Å². The molecule has 0 saturated carbocycles. The SMILES string of the molecule is CC(C)(C)Cc1ccc2c(c1)CN(C(C)(C)C)CO2. The Morgan fingerprint density at radius 3 is 2.37 bits per heavy atom. The number of hydrogen-bond donors (Lipinski definition) is 0. The van der Waals surface area contributed by atoms with E-state index in [1.54, 1.807) is 0 Å². The average Bonchev–Trinajstić information content (AvgIpc) is 2.24. The highest BCUT2D eigenvalue weighted by Gasteiger charge is 2.27. The summed E-state index contributed by atoms with van der Waals surface area (Å²) < 4.78 is 5.87. The molecule has 0 N–H and O–H groups in total. The van der Waals surface area contributed by atoms with Gasteiger partial charge in [-0.15, -0.1) is 0 Å². The summed E-state index contributed by atoms with van der Waals surface area (Å²) in [7, 11) is 0. The lowest BCUT2D eigenvalue weighted by atomic mass is 9.87. The van der Waals surface area contributed by atoms with Crippen LogP contribution >= 0.6 is 0 Å². The zero-order valence-corrected chi connectivity index (χ0v) is 13.2. The van der Waals surface area contributed by atoms with Crippen LogP contribution in [0.25, 0.3) is 0 Å². The molecule has 1 aromatic rings. The predicted molar refractivity (Wildman–Crippen MR) is 80.4 cm³/mol. The fourth-order valence-electron chi connectivity index (χ4n) is 2.45. The molecule has 0 aromatic heterocycles. The van der Waals surface area contributed by atoms with E-state index in [0.717, 1.165) is 18.7 Å². The first-order valence-corrected chi connectivity index (χ1v) is 7.15. The fraction of sp³-hybridized carbons (Fsp3) is 0.647. The number of ether oxygens (including phenoxy) is 1. The van der Waals surface area contributed by atoms with Gasteiger partial charge in [0.1, 0.15) is 12.5 Å². The van der Waals surface area contributed by atoms with Crippen molar-refractivity contribution in [3.05, 3.63) is 29.3 Å². The number of benzene rings is 1. The summed E-state index contributed by atoms with van der Waals surface area (Å²) in [6.07, 6.45) is 1.11. The quantitative estimate of drug-likeness (QED) is 0.750. The van der Waals surface area contributed by atoms with Crippen LogP contribution in [0, 0.1) is 5.41 Å². The zero-order chi connectivity index (χ0) is 14.3. The van der Waals surface area contributed by atoms with Crippen LogP contribution in [0.4, 0.5) is 0 Å². The molecule has 19 heavy (non-hydrogen) atoms. The number of hydrogen-bond acceptors (Lipinski definition) is 2. The van der Waals surface area contributed by atoms with Crippen LogP contribution in [-0.4, -0.2) is 17.2 Å². The Morgan fingerprint density at radius 1 is 1.11 bits per heavy atom. The van der Waals surface area contributed by atoms with Gasteiger partial charge in [0.2, 0.25) is 0 Å². The largest absolute Gasteiger partial charge is 0.478 e. The van der Waals surface area contributed by atoms with E-state index in [-0.39, 0.29) is 5.54 Å². The lowest BCUT2D eigenvalue weighted by molar-refractivity contribution is 0.0217. The fourth-order valence-corrected chi connectivity index (χ4v) is 2.45. The lowest BCUT2D eigenvalue weighted by Gasteiger charge is -2.38. The molecule has 1 aliphatic heterocycles. The Kier molecular flexibility index (Phi) is 3.65. The second kappa shape index (κ2) is 4.82. The Balaban J connectivity index is 2.20. The van der Waals surface area contributed by atoms with Gasteiger partial charge in [0.25, 0.3) is 0 Å². The molecule has 2 rings (SSSR count). The number of rotatable bonds is 1. The molecule has 1 aromatic carbocycles. The van der Waals surface area contributed by atoms with Crippen LogP contribution in [0.2, 0.25) is 0 Å². The Morgan fingerprint density at radius 2 is 1.79 bits per heavy atom. The first-order valence-electron chi connectivity index (χ1n) is 7.15. The van der Waals surface area contributed by atoms with E-state index in [2.05, 4.69) is 64.6 Å². The molecule has 0 fully saturated rings. The topological polar surface area (TPSA) is 12.5 Å². The highest BCUT2D eigenvalue weighted by atomic mass is 16.5. The van der Waals surface area contributed by atoms with Crippen molar-refractivity contribution in [2.75, 3.05) is 6.73 Å². The van der Waals surface area contributed by atoms with Crippen LogP contribution in [-0.2, 0) is 13.0 Å². The minimum Gasteiger partial charge on any atom is -0.478 e. The van der Waals surface area contributed by atoms with E-state index in [0.29, 0.717) is 12.1 Å². The smallest absolute Gasteiger partial charge is 0.142 e. The van der Waals surface area contributed by atoms with Gasteiger partial charge >= 0.3 is 0 Å². The molecule has 1 heterocycles.